The Hall–Kier alpha value is -0.620. The van der Waals surface area contributed by atoms with E-state index in [2.05, 4.69) is 15.9 Å². The van der Waals surface area contributed by atoms with Gasteiger partial charge < -0.3 is 0 Å². The highest BCUT2D eigenvalue weighted by atomic mass is 79.9. The number of benzene rings is 1. The summed E-state index contributed by atoms with van der Waals surface area (Å²) in [6.07, 6.45) is -4.66. The van der Waals surface area contributed by atoms with Crippen LogP contribution >= 0.6 is 27.5 Å². The smallest absolute Gasteiger partial charge is 0.293 e. The van der Waals surface area contributed by atoms with Crippen molar-refractivity contribution in [2.45, 2.75) is 6.18 Å². The van der Waals surface area contributed by atoms with Crippen LogP contribution in [0.1, 0.15) is 15.9 Å². The van der Waals surface area contributed by atoms with Crippen molar-refractivity contribution >= 4 is 33.3 Å². The average molecular weight is 319 g/mol. The van der Waals surface area contributed by atoms with Gasteiger partial charge >= 0.3 is 6.18 Å². The lowest BCUT2D eigenvalue weighted by Gasteiger charge is -2.12. The van der Waals surface area contributed by atoms with E-state index in [9.17, 15) is 22.4 Å². The van der Waals surface area contributed by atoms with Crippen LogP contribution in [0.3, 0.4) is 0 Å². The average Bonchev–Trinajstić information content (AvgIpc) is 2.15. The summed E-state index contributed by atoms with van der Waals surface area (Å²) in [7, 11) is 0. The molecule has 0 amide bonds. The van der Waals surface area contributed by atoms with Crippen LogP contribution in [-0.2, 0) is 6.18 Å². The molecule has 0 saturated carbocycles. The van der Waals surface area contributed by atoms with E-state index >= 15 is 0 Å². The number of hydrogen-bond acceptors (Lipinski definition) is 1. The van der Waals surface area contributed by atoms with Crippen LogP contribution in [0, 0.1) is 5.82 Å². The molecule has 0 atom stereocenters. The van der Waals surface area contributed by atoms with Gasteiger partial charge in [-0.25, -0.2) is 4.39 Å². The Balaban J connectivity index is 3.45. The number of halogens is 6. The van der Waals surface area contributed by atoms with Gasteiger partial charge in [-0.15, -0.1) is 11.6 Å². The summed E-state index contributed by atoms with van der Waals surface area (Å²) in [6, 6.07) is 1.15. The minimum atomic E-state index is -4.66. The van der Waals surface area contributed by atoms with Gasteiger partial charge in [0.15, 0.2) is 5.78 Å². The van der Waals surface area contributed by atoms with Crippen LogP contribution in [0.5, 0.6) is 0 Å². The summed E-state index contributed by atoms with van der Waals surface area (Å²) >= 11 is 7.75. The zero-order valence-corrected chi connectivity index (χ0v) is 9.88. The van der Waals surface area contributed by atoms with Gasteiger partial charge in [-0.3, -0.25) is 4.79 Å². The molecule has 0 aliphatic carbocycles. The van der Waals surface area contributed by atoms with Crippen molar-refractivity contribution in [1.29, 1.82) is 0 Å². The highest BCUT2D eigenvalue weighted by molar-refractivity contribution is 9.10. The van der Waals surface area contributed by atoms with Gasteiger partial charge in [0.2, 0.25) is 0 Å². The molecule has 1 aromatic rings. The van der Waals surface area contributed by atoms with Gasteiger partial charge in [-0.05, 0) is 28.1 Å². The quantitative estimate of drug-likeness (QED) is 0.457. The first kappa shape index (κ1) is 13.4. The Bertz CT molecular complexity index is 430. The van der Waals surface area contributed by atoms with Gasteiger partial charge in [-0.2, -0.15) is 13.2 Å². The molecule has 0 radical (unpaired) electrons. The molecular formula is C9H4BrClF4O. The van der Waals surface area contributed by atoms with Gasteiger partial charge in [0.05, 0.1) is 17.0 Å². The third-order valence-electron chi connectivity index (χ3n) is 1.80. The predicted octanol–water partition coefficient (Wildman–Crippen LogP) is 4.03. The van der Waals surface area contributed by atoms with E-state index < -0.39 is 39.3 Å². The molecule has 0 unspecified atom stereocenters. The normalized spacial score (nSPS) is 11.6. The Morgan fingerprint density at radius 2 is 1.94 bits per heavy atom. The second kappa shape index (κ2) is 4.71. The monoisotopic (exact) mass is 318 g/mol. The largest absolute Gasteiger partial charge is 0.417 e. The van der Waals surface area contributed by atoms with Gasteiger partial charge in [0.25, 0.3) is 0 Å². The summed E-state index contributed by atoms with van der Waals surface area (Å²) in [6.45, 7) is 0. The van der Waals surface area contributed by atoms with Crippen LogP contribution < -0.4 is 0 Å². The number of rotatable bonds is 2. The first-order valence-electron chi connectivity index (χ1n) is 3.93. The molecule has 0 aliphatic heterocycles. The fourth-order valence-corrected chi connectivity index (χ4v) is 1.99. The molecule has 16 heavy (non-hydrogen) atoms. The third-order valence-corrected chi connectivity index (χ3v) is 2.86. The third kappa shape index (κ3) is 2.55. The molecule has 0 heterocycles. The van der Waals surface area contributed by atoms with Gasteiger partial charge in [0.1, 0.15) is 5.82 Å². The highest BCUT2D eigenvalue weighted by Crippen LogP contribution is 2.37. The van der Waals surface area contributed by atoms with Crippen LogP contribution in [0.2, 0.25) is 0 Å². The van der Waals surface area contributed by atoms with E-state index in [0.29, 0.717) is 12.1 Å². The van der Waals surface area contributed by atoms with Crippen molar-refractivity contribution in [2.24, 2.45) is 0 Å². The van der Waals surface area contributed by atoms with Crippen molar-refractivity contribution in [2.75, 3.05) is 5.88 Å². The molecule has 0 fully saturated rings. The number of carbonyl (C=O) groups is 1. The van der Waals surface area contributed by atoms with E-state index in [-0.39, 0.29) is 0 Å². The fraction of sp³-hybridized carbons (Fsp3) is 0.222. The Morgan fingerprint density at radius 3 is 2.38 bits per heavy atom. The molecule has 7 heteroatoms. The second-order valence-electron chi connectivity index (χ2n) is 2.84. The maximum absolute atomic E-state index is 13.2. The molecule has 0 bridgehead atoms. The van der Waals surface area contributed by atoms with E-state index in [1.54, 1.807) is 0 Å². The first-order chi connectivity index (χ1) is 7.29. The van der Waals surface area contributed by atoms with Crippen molar-refractivity contribution < 1.29 is 22.4 Å². The lowest BCUT2D eigenvalue weighted by Crippen LogP contribution is -2.12. The van der Waals surface area contributed by atoms with E-state index in [0.717, 1.165) is 0 Å². The topological polar surface area (TPSA) is 17.1 Å². The van der Waals surface area contributed by atoms with Crippen molar-refractivity contribution in [1.82, 2.24) is 0 Å². The standard InChI is InChI=1S/C9H4BrClF4O/c10-8-4(9(13,14)15)1-2-5(12)7(8)6(16)3-11/h1-2H,3H2. The SMILES string of the molecule is O=C(CCl)c1c(F)ccc(C(F)(F)F)c1Br. The highest BCUT2D eigenvalue weighted by Gasteiger charge is 2.35. The first-order valence-corrected chi connectivity index (χ1v) is 5.26. The van der Waals surface area contributed by atoms with E-state index in [1.165, 1.54) is 0 Å². The summed E-state index contributed by atoms with van der Waals surface area (Å²) in [5, 5.41) is 0. The molecule has 0 spiro atoms. The summed E-state index contributed by atoms with van der Waals surface area (Å²) in [4.78, 5) is 11.2. The number of alkyl halides is 4. The summed E-state index contributed by atoms with van der Waals surface area (Å²) < 4.78 is 49.9. The molecule has 88 valence electrons. The molecule has 1 rings (SSSR count). The maximum atomic E-state index is 13.2. The summed E-state index contributed by atoms with van der Waals surface area (Å²) in [5.74, 6) is -2.53. The number of ketones is 1. The lowest BCUT2D eigenvalue weighted by molar-refractivity contribution is -0.138. The molecule has 0 N–H and O–H groups in total. The van der Waals surface area contributed by atoms with E-state index in [1.807, 2.05) is 0 Å². The van der Waals surface area contributed by atoms with Gasteiger partial charge in [0, 0.05) is 4.47 Å². The molecule has 0 aliphatic rings. The zero-order chi connectivity index (χ0) is 12.5. The maximum Gasteiger partial charge on any atom is 0.417 e. The molecule has 1 nitrogen and oxygen atoms in total. The number of hydrogen-bond donors (Lipinski definition) is 0. The van der Waals surface area contributed by atoms with Crippen LogP contribution in [0.25, 0.3) is 0 Å². The Morgan fingerprint density at radius 1 is 1.38 bits per heavy atom. The summed E-state index contributed by atoms with van der Waals surface area (Å²) in [5.41, 5.74) is -1.79. The van der Waals surface area contributed by atoms with Crippen molar-refractivity contribution in [3.63, 3.8) is 0 Å². The fourth-order valence-electron chi connectivity index (χ4n) is 1.09. The minimum Gasteiger partial charge on any atom is -0.293 e. The van der Waals surface area contributed by atoms with Crippen LogP contribution in [0.4, 0.5) is 17.6 Å². The lowest BCUT2D eigenvalue weighted by atomic mass is 10.1. The molecule has 0 aromatic heterocycles. The Labute approximate surface area is 102 Å². The number of Topliss-reactive ketones (excluding diaryl/α,β-unsaturated/α-hetero) is 1. The minimum absolute atomic E-state index is 0.560. The number of carbonyl (C=O) groups excluding carboxylic acids is 1. The van der Waals surface area contributed by atoms with Crippen molar-refractivity contribution in [3.05, 3.63) is 33.5 Å². The Kier molecular flexibility index (Phi) is 3.96. The van der Waals surface area contributed by atoms with Crippen LogP contribution in [-0.4, -0.2) is 11.7 Å². The second-order valence-corrected chi connectivity index (χ2v) is 3.90. The zero-order valence-electron chi connectivity index (χ0n) is 7.54. The molecule has 0 saturated heterocycles. The van der Waals surface area contributed by atoms with Crippen LogP contribution in [0.15, 0.2) is 16.6 Å². The molecule has 1 aromatic carbocycles. The molecular weight excluding hydrogens is 315 g/mol. The van der Waals surface area contributed by atoms with Crippen molar-refractivity contribution in [3.8, 4) is 0 Å². The predicted molar refractivity (Wildman–Crippen MR) is 54.2 cm³/mol. The van der Waals surface area contributed by atoms with E-state index in [4.69, 9.17) is 11.6 Å². The van der Waals surface area contributed by atoms with Gasteiger partial charge in [-0.1, -0.05) is 0 Å².